The number of nitrogens with two attached hydrogens (primary N) is 2. The Morgan fingerprint density at radius 2 is 1.94 bits per heavy atom. The van der Waals surface area contributed by atoms with Gasteiger partial charge in [0.15, 0.2) is 6.29 Å². The summed E-state index contributed by atoms with van der Waals surface area (Å²) in [4.78, 5) is 14.7. The molecular formula is C36H49ClN3O6S-. The van der Waals surface area contributed by atoms with Crippen molar-refractivity contribution in [3.8, 4) is 5.75 Å². The predicted molar refractivity (Wildman–Crippen MR) is 184 cm³/mol. The molecular weight excluding hydrogens is 638 g/mol. The third kappa shape index (κ3) is 7.53. The Morgan fingerprint density at radius 3 is 2.64 bits per heavy atom. The van der Waals surface area contributed by atoms with E-state index in [4.69, 9.17) is 37.3 Å². The number of hydrogen-bond acceptors (Lipinski definition) is 8. The molecule has 9 nitrogen and oxygen atoms in total. The average molecular weight is 687 g/mol. The quantitative estimate of drug-likeness (QED) is 0.303. The van der Waals surface area contributed by atoms with E-state index in [9.17, 15) is 13.6 Å². The molecule has 258 valence electrons. The molecule has 1 spiro atoms. The van der Waals surface area contributed by atoms with Crippen molar-refractivity contribution in [2.24, 2.45) is 35.1 Å². The molecule has 1 unspecified atom stereocenters. The number of amides is 1. The third-order valence-electron chi connectivity index (χ3n) is 11.4. The summed E-state index contributed by atoms with van der Waals surface area (Å²) in [5, 5.41) is 0.372. The van der Waals surface area contributed by atoms with Gasteiger partial charge in [0.05, 0.1) is 31.5 Å². The first kappa shape index (κ1) is 34.6. The summed E-state index contributed by atoms with van der Waals surface area (Å²) in [6, 6.07) is 11.7. The third-order valence-corrected chi connectivity index (χ3v) is 12.7. The standard InChI is InChI=1S/C36H50ClN3O6S/c1-22(23(2)47(42)43)5-3-7-30(35-44-18-28(38)19-45-35)29-11-8-26(29)17-40-20-36(14-4-6-24-15-27(37)10-12-31(24)36)21-46-33-13-9-25(34(39)41)16-32(33)40/h9-10,12-13,15-16,22-23,26,28-30,35H,3-8,11,14,17-21,38H2,1-2H3,(H2,39,41)(H,42,43)/p-1/t22-,23+,26-,28?,29+,30+,35?,36-/m0/s1. The SMILES string of the molecule is C[C@H]([C@@H](C)CCC[C@@H](C1OCC(N)CO1)[C@@H]1CC[C@H]1CN1C[C@@]2(CCCc3cc(Cl)ccc32)COc2ccc(C(N)=O)cc21)S(=O)[O-]. The van der Waals surface area contributed by atoms with Gasteiger partial charge in [0.25, 0.3) is 0 Å². The van der Waals surface area contributed by atoms with Crippen LogP contribution in [-0.4, -0.2) is 65.2 Å². The van der Waals surface area contributed by atoms with Crippen LogP contribution in [0, 0.1) is 23.7 Å². The molecule has 2 aliphatic carbocycles. The zero-order valence-electron chi connectivity index (χ0n) is 27.5. The van der Waals surface area contributed by atoms with Crippen molar-refractivity contribution in [2.45, 2.75) is 88.2 Å². The second-order valence-corrected chi connectivity index (χ2v) is 16.2. The minimum absolute atomic E-state index is 0.0743. The topological polar surface area (TPSA) is 140 Å². The lowest BCUT2D eigenvalue weighted by molar-refractivity contribution is -0.229. The summed E-state index contributed by atoms with van der Waals surface area (Å²) >= 11 is 4.36. The normalized spacial score (nSPS) is 29.8. The zero-order chi connectivity index (χ0) is 33.3. The van der Waals surface area contributed by atoms with Crippen molar-refractivity contribution in [3.63, 3.8) is 0 Å². The van der Waals surface area contributed by atoms with Crippen molar-refractivity contribution in [2.75, 3.05) is 37.8 Å². The average Bonchev–Trinajstić information content (AvgIpc) is 3.19. The molecule has 2 fully saturated rings. The van der Waals surface area contributed by atoms with Gasteiger partial charge in [-0.2, -0.15) is 0 Å². The molecule has 6 rings (SSSR count). The van der Waals surface area contributed by atoms with Crippen molar-refractivity contribution < 1.29 is 27.8 Å². The Balaban J connectivity index is 1.27. The Labute approximate surface area is 286 Å². The van der Waals surface area contributed by atoms with Crippen LogP contribution in [-0.2, 0) is 32.4 Å². The van der Waals surface area contributed by atoms with Gasteiger partial charge in [-0.15, -0.1) is 0 Å². The van der Waals surface area contributed by atoms with Crippen molar-refractivity contribution >= 4 is 34.3 Å². The molecule has 2 heterocycles. The number of anilines is 1. The second kappa shape index (κ2) is 14.7. The summed E-state index contributed by atoms with van der Waals surface area (Å²) in [7, 11) is 0. The van der Waals surface area contributed by atoms with Crippen LogP contribution in [0.4, 0.5) is 5.69 Å². The van der Waals surface area contributed by atoms with E-state index in [0.717, 1.165) is 80.9 Å². The molecule has 1 saturated carbocycles. The molecule has 2 aromatic rings. The van der Waals surface area contributed by atoms with Gasteiger partial charge in [-0.05, 0) is 104 Å². The van der Waals surface area contributed by atoms with Gasteiger partial charge in [-0.3, -0.25) is 9.00 Å². The summed E-state index contributed by atoms with van der Waals surface area (Å²) in [5.41, 5.74) is 15.6. The maximum Gasteiger partial charge on any atom is 0.248 e. The molecule has 4 aliphatic rings. The van der Waals surface area contributed by atoms with E-state index in [1.165, 1.54) is 11.1 Å². The van der Waals surface area contributed by atoms with Gasteiger partial charge in [-0.25, -0.2) is 0 Å². The number of carbonyl (C=O) groups is 1. The van der Waals surface area contributed by atoms with Crippen LogP contribution in [0.25, 0.3) is 0 Å². The molecule has 0 bridgehead atoms. The number of hydrogen-bond donors (Lipinski definition) is 2. The van der Waals surface area contributed by atoms with Crippen LogP contribution in [0.5, 0.6) is 5.75 Å². The smallest absolute Gasteiger partial charge is 0.248 e. The summed E-state index contributed by atoms with van der Waals surface area (Å²) in [6.07, 6.45) is 7.50. The monoisotopic (exact) mass is 686 g/mol. The van der Waals surface area contributed by atoms with E-state index in [-0.39, 0.29) is 34.8 Å². The van der Waals surface area contributed by atoms with Crippen LogP contribution >= 0.6 is 11.6 Å². The largest absolute Gasteiger partial charge is 0.772 e. The molecule has 11 heteroatoms. The molecule has 4 N–H and O–H groups in total. The highest BCUT2D eigenvalue weighted by atomic mass is 35.5. The number of ether oxygens (including phenoxy) is 3. The van der Waals surface area contributed by atoms with E-state index in [2.05, 4.69) is 17.0 Å². The van der Waals surface area contributed by atoms with Crippen molar-refractivity contribution in [1.82, 2.24) is 0 Å². The van der Waals surface area contributed by atoms with Gasteiger partial charge >= 0.3 is 0 Å². The van der Waals surface area contributed by atoms with E-state index < -0.39 is 17.0 Å². The van der Waals surface area contributed by atoms with Crippen LogP contribution < -0.4 is 21.1 Å². The van der Waals surface area contributed by atoms with Crippen LogP contribution in [0.15, 0.2) is 36.4 Å². The summed E-state index contributed by atoms with van der Waals surface area (Å²) in [6.45, 7) is 6.85. The number of benzene rings is 2. The summed E-state index contributed by atoms with van der Waals surface area (Å²) in [5.74, 6) is 1.31. The molecule has 2 aliphatic heterocycles. The number of halogens is 1. The van der Waals surface area contributed by atoms with Crippen LogP contribution in [0.1, 0.15) is 80.3 Å². The number of primary amides is 1. The lowest BCUT2D eigenvalue weighted by Crippen LogP contribution is -2.51. The van der Waals surface area contributed by atoms with Gasteiger partial charge < -0.3 is 35.1 Å². The number of rotatable bonds is 11. The predicted octanol–water partition coefficient (Wildman–Crippen LogP) is 5.33. The van der Waals surface area contributed by atoms with Gasteiger partial charge in [-0.1, -0.05) is 49.0 Å². The van der Waals surface area contributed by atoms with Crippen molar-refractivity contribution in [3.05, 3.63) is 58.1 Å². The van der Waals surface area contributed by atoms with Gasteiger partial charge in [0, 0.05) is 40.3 Å². The molecule has 0 aromatic heterocycles. The Hall–Kier alpha value is -2.21. The highest BCUT2D eigenvalue weighted by molar-refractivity contribution is 7.79. The fraction of sp³-hybridized carbons (Fsp3) is 0.639. The number of fused-ring (bicyclic) bond motifs is 3. The lowest BCUT2D eigenvalue weighted by Gasteiger charge is -2.48. The maximum absolute atomic E-state index is 12.3. The Morgan fingerprint density at radius 1 is 1.15 bits per heavy atom. The first-order chi connectivity index (χ1) is 22.5. The Kier molecular flexibility index (Phi) is 10.9. The van der Waals surface area contributed by atoms with Crippen LogP contribution in [0.3, 0.4) is 0 Å². The highest BCUT2D eigenvalue weighted by Gasteiger charge is 2.46. The van der Waals surface area contributed by atoms with Crippen molar-refractivity contribution in [1.29, 1.82) is 0 Å². The van der Waals surface area contributed by atoms with Crippen LogP contribution in [0.2, 0.25) is 5.02 Å². The minimum Gasteiger partial charge on any atom is -0.772 e. The second-order valence-electron chi connectivity index (χ2n) is 14.5. The maximum atomic E-state index is 12.3. The Bertz CT molecular complexity index is 1450. The minimum atomic E-state index is -2.08. The van der Waals surface area contributed by atoms with E-state index in [1.807, 2.05) is 25.1 Å². The van der Waals surface area contributed by atoms with Gasteiger partial charge in [0.2, 0.25) is 5.91 Å². The van der Waals surface area contributed by atoms with E-state index >= 15 is 0 Å². The number of aryl methyl sites for hydroxylation is 1. The number of nitrogens with zero attached hydrogens (tertiary/aromatic N) is 1. The van der Waals surface area contributed by atoms with E-state index in [0.29, 0.717) is 37.2 Å². The molecule has 7 atom stereocenters. The lowest BCUT2D eigenvalue weighted by atomic mass is 9.64. The van der Waals surface area contributed by atoms with E-state index in [1.54, 1.807) is 13.0 Å². The number of carbonyl (C=O) groups excluding carboxylic acids is 1. The first-order valence-electron chi connectivity index (χ1n) is 17.2. The summed E-state index contributed by atoms with van der Waals surface area (Å²) < 4.78 is 42.2. The fourth-order valence-corrected chi connectivity index (χ4v) is 9.08. The highest BCUT2D eigenvalue weighted by Crippen LogP contribution is 2.49. The molecule has 0 radical (unpaired) electrons. The molecule has 1 saturated heterocycles. The molecule has 47 heavy (non-hydrogen) atoms. The zero-order valence-corrected chi connectivity index (χ0v) is 29.1. The molecule has 1 amide bonds. The first-order valence-corrected chi connectivity index (χ1v) is 18.7. The molecule has 2 aromatic carbocycles. The fourth-order valence-electron chi connectivity index (χ4n) is 8.37. The van der Waals surface area contributed by atoms with Gasteiger partial charge in [0.1, 0.15) is 5.75 Å².